The molecule has 1 unspecified atom stereocenters. The summed E-state index contributed by atoms with van der Waals surface area (Å²) in [4.78, 5) is 0. The Hall–Kier alpha value is -0.700. The summed E-state index contributed by atoms with van der Waals surface area (Å²) in [5, 5.41) is 0. The summed E-state index contributed by atoms with van der Waals surface area (Å²) in [5.74, 6) is -1.14. The smallest absolute Gasteiger partial charge is 0.224 e. The Labute approximate surface area is 121 Å². The summed E-state index contributed by atoms with van der Waals surface area (Å²) in [5.41, 5.74) is -5.07. The Bertz CT molecular complexity index is 284. The van der Waals surface area contributed by atoms with Gasteiger partial charge in [-0.1, -0.05) is 33.6 Å². The van der Waals surface area contributed by atoms with Crippen LogP contribution in [0.1, 0.15) is 46.5 Å². The molecule has 0 spiro atoms. The molecule has 0 aromatic rings. The standard InChI is InChI=1S/C6H7F7.C6H11F3/c1-2-3-4(7,5(8,9)10)6(11,12)13;1-3-4-5(2)6(7,8)9/h2-3H2,1H3;5H,3-4H2,1-2H3. The predicted octanol–water partition coefficient (Wildman–Crippen LogP) is 6.60. The third-order valence-electron chi connectivity index (χ3n) is 2.77. The highest BCUT2D eigenvalue weighted by molar-refractivity contribution is 4.93. The van der Waals surface area contributed by atoms with Crippen molar-refractivity contribution in [2.75, 3.05) is 0 Å². The average molecular weight is 352 g/mol. The molecule has 0 aliphatic rings. The Balaban J connectivity index is 0. The van der Waals surface area contributed by atoms with Gasteiger partial charge < -0.3 is 0 Å². The van der Waals surface area contributed by atoms with Gasteiger partial charge in [-0.25, -0.2) is 4.39 Å². The summed E-state index contributed by atoms with van der Waals surface area (Å²) in [6.45, 7) is 4.01. The van der Waals surface area contributed by atoms with E-state index in [-0.39, 0.29) is 6.42 Å². The molecule has 0 aliphatic carbocycles. The minimum absolute atomic E-state index is 0.240. The first-order valence-corrected chi connectivity index (χ1v) is 6.43. The fraction of sp³-hybridized carbons (Fsp3) is 1.00. The monoisotopic (exact) mass is 352 g/mol. The zero-order valence-corrected chi connectivity index (χ0v) is 12.2. The van der Waals surface area contributed by atoms with Gasteiger partial charge in [-0.05, 0) is 12.8 Å². The lowest BCUT2D eigenvalue weighted by molar-refractivity contribution is -0.343. The summed E-state index contributed by atoms with van der Waals surface area (Å²) < 4.78 is 118. The van der Waals surface area contributed by atoms with E-state index >= 15 is 0 Å². The lowest BCUT2D eigenvalue weighted by Gasteiger charge is -2.29. The quantitative estimate of drug-likeness (QED) is 0.500. The second kappa shape index (κ2) is 8.24. The van der Waals surface area contributed by atoms with Gasteiger partial charge >= 0.3 is 18.5 Å². The van der Waals surface area contributed by atoms with Crippen LogP contribution in [0.5, 0.6) is 0 Å². The van der Waals surface area contributed by atoms with Gasteiger partial charge in [0.25, 0.3) is 5.67 Å². The maximum Gasteiger partial charge on any atom is 0.431 e. The van der Waals surface area contributed by atoms with Crippen molar-refractivity contribution in [2.24, 2.45) is 5.92 Å². The zero-order chi connectivity index (χ0) is 18.4. The first-order chi connectivity index (χ1) is 9.54. The molecule has 0 aliphatic heterocycles. The molecule has 0 fully saturated rings. The van der Waals surface area contributed by atoms with Crippen molar-refractivity contribution in [1.82, 2.24) is 0 Å². The van der Waals surface area contributed by atoms with E-state index in [4.69, 9.17) is 0 Å². The van der Waals surface area contributed by atoms with Crippen molar-refractivity contribution in [3.05, 3.63) is 0 Å². The minimum Gasteiger partial charge on any atom is -0.224 e. The Kier molecular flexibility index (Phi) is 8.82. The van der Waals surface area contributed by atoms with Crippen molar-refractivity contribution in [3.8, 4) is 0 Å². The molecule has 0 rings (SSSR count). The Morgan fingerprint density at radius 3 is 1.14 bits per heavy atom. The highest BCUT2D eigenvalue weighted by Gasteiger charge is 2.71. The largest absolute Gasteiger partial charge is 0.431 e. The van der Waals surface area contributed by atoms with Crippen LogP contribution in [-0.2, 0) is 0 Å². The highest BCUT2D eigenvalue weighted by atomic mass is 19.4. The molecule has 0 N–H and O–H groups in total. The van der Waals surface area contributed by atoms with Gasteiger partial charge in [0.2, 0.25) is 0 Å². The molecule has 10 heteroatoms. The second-order valence-corrected chi connectivity index (χ2v) is 4.78. The predicted molar refractivity (Wildman–Crippen MR) is 61.0 cm³/mol. The molecule has 0 saturated heterocycles. The van der Waals surface area contributed by atoms with E-state index in [1.165, 1.54) is 6.92 Å². The SMILES string of the molecule is CCCC(C)C(F)(F)F.CCCC(F)(C(F)(F)F)C(F)(F)F. The molecule has 0 aromatic carbocycles. The van der Waals surface area contributed by atoms with Crippen LogP contribution in [0.15, 0.2) is 0 Å². The molecule has 0 nitrogen and oxygen atoms in total. The lowest BCUT2D eigenvalue weighted by atomic mass is 9.99. The van der Waals surface area contributed by atoms with Crippen molar-refractivity contribution in [2.45, 2.75) is 70.7 Å². The van der Waals surface area contributed by atoms with Crippen molar-refractivity contribution < 1.29 is 43.9 Å². The maximum atomic E-state index is 12.6. The van der Waals surface area contributed by atoms with Crippen LogP contribution in [0.3, 0.4) is 0 Å². The van der Waals surface area contributed by atoms with Gasteiger partial charge in [0.05, 0.1) is 5.92 Å². The van der Waals surface area contributed by atoms with E-state index in [0.29, 0.717) is 6.42 Å². The molecule has 1 atom stereocenters. The average Bonchev–Trinajstić information content (AvgIpc) is 2.26. The van der Waals surface area contributed by atoms with E-state index in [2.05, 4.69) is 0 Å². The zero-order valence-electron chi connectivity index (χ0n) is 12.2. The second-order valence-electron chi connectivity index (χ2n) is 4.78. The fourth-order valence-corrected chi connectivity index (χ4v) is 1.39. The molecular formula is C12H18F10. The van der Waals surface area contributed by atoms with Crippen LogP contribution in [0.25, 0.3) is 0 Å². The number of hydrogen-bond donors (Lipinski definition) is 0. The number of alkyl halides is 10. The normalized spacial score (nSPS) is 15.1. The third kappa shape index (κ3) is 7.04. The van der Waals surface area contributed by atoms with Crippen molar-refractivity contribution in [3.63, 3.8) is 0 Å². The van der Waals surface area contributed by atoms with Gasteiger partial charge in [-0.2, -0.15) is 39.5 Å². The molecule has 22 heavy (non-hydrogen) atoms. The highest BCUT2D eigenvalue weighted by Crippen LogP contribution is 2.48. The van der Waals surface area contributed by atoms with E-state index in [1.807, 2.05) is 0 Å². The number of rotatable bonds is 4. The van der Waals surface area contributed by atoms with Crippen LogP contribution in [0, 0.1) is 5.92 Å². The molecule has 0 saturated carbocycles. The summed E-state index contributed by atoms with van der Waals surface area (Å²) in [7, 11) is 0. The van der Waals surface area contributed by atoms with Crippen LogP contribution < -0.4 is 0 Å². The summed E-state index contributed by atoms with van der Waals surface area (Å²) >= 11 is 0. The van der Waals surface area contributed by atoms with Crippen molar-refractivity contribution in [1.29, 1.82) is 0 Å². The number of hydrogen-bond acceptors (Lipinski definition) is 0. The number of halogens is 10. The summed E-state index contributed by atoms with van der Waals surface area (Å²) in [6, 6.07) is 0. The van der Waals surface area contributed by atoms with Crippen molar-refractivity contribution >= 4 is 0 Å². The summed E-state index contributed by atoms with van der Waals surface area (Å²) in [6.07, 6.45) is -17.1. The van der Waals surface area contributed by atoms with E-state index in [1.54, 1.807) is 6.92 Å². The van der Waals surface area contributed by atoms with E-state index < -0.39 is 43.0 Å². The van der Waals surface area contributed by atoms with Crippen LogP contribution in [0.2, 0.25) is 0 Å². The fourth-order valence-electron chi connectivity index (χ4n) is 1.39. The van der Waals surface area contributed by atoms with Gasteiger partial charge in [0.15, 0.2) is 0 Å². The molecular weight excluding hydrogens is 334 g/mol. The molecule has 0 amide bonds. The van der Waals surface area contributed by atoms with Gasteiger partial charge in [0, 0.05) is 0 Å². The van der Waals surface area contributed by atoms with Crippen LogP contribution in [0.4, 0.5) is 43.9 Å². The first-order valence-electron chi connectivity index (χ1n) is 6.43. The minimum atomic E-state index is -5.90. The molecule has 0 bridgehead atoms. The van der Waals surface area contributed by atoms with Crippen LogP contribution in [-0.4, -0.2) is 24.2 Å². The Morgan fingerprint density at radius 2 is 1.05 bits per heavy atom. The van der Waals surface area contributed by atoms with E-state index in [0.717, 1.165) is 6.92 Å². The molecule has 0 aromatic heterocycles. The first kappa shape index (κ1) is 23.6. The van der Waals surface area contributed by atoms with Crippen LogP contribution >= 0.6 is 0 Å². The Morgan fingerprint density at radius 1 is 0.682 bits per heavy atom. The maximum absolute atomic E-state index is 12.6. The third-order valence-corrected chi connectivity index (χ3v) is 2.77. The lowest BCUT2D eigenvalue weighted by Crippen LogP contribution is -2.52. The topological polar surface area (TPSA) is 0 Å². The molecule has 0 radical (unpaired) electrons. The molecule has 136 valence electrons. The van der Waals surface area contributed by atoms with Gasteiger partial charge in [0.1, 0.15) is 0 Å². The van der Waals surface area contributed by atoms with Gasteiger partial charge in [-0.15, -0.1) is 0 Å². The van der Waals surface area contributed by atoms with E-state index in [9.17, 15) is 43.9 Å². The van der Waals surface area contributed by atoms with Gasteiger partial charge in [-0.3, -0.25) is 0 Å². The molecule has 0 heterocycles.